The highest BCUT2D eigenvalue weighted by molar-refractivity contribution is 5.92. The van der Waals surface area contributed by atoms with Crippen LogP contribution in [0.1, 0.15) is 21.5 Å². The fourth-order valence-corrected chi connectivity index (χ4v) is 2.77. The molecule has 3 aromatic carbocycles. The molecule has 1 N–H and O–H groups in total. The van der Waals surface area contributed by atoms with Crippen molar-refractivity contribution in [3.63, 3.8) is 0 Å². The van der Waals surface area contributed by atoms with Gasteiger partial charge in [-0.2, -0.15) is 5.26 Å². The van der Waals surface area contributed by atoms with Gasteiger partial charge in [-0.05, 0) is 48.5 Å². The smallest absolute Gasteiger partial charge is 0.338 e. The number of nitrogens with zero attached hydrogens (tertiary/aromatic N) is 1. The van der Waals surface area contributed by atoms with Crippen molar-refractivity contribution in [1.29, 1.82) is 5.26 Å². The van der Waals surface area contributed by atoms with Crippen LogP contribution in [0.5, 0.6) is 11.5 Å². The molecule has 0 heterocycles. The molecule has 0 atom stereocenters. The summed E-state index contributed by atoms with van der Waals surface area (Å²) in [4.78, 5) is 24.4. The van der Waals surface area contributed by atoms with Crippen LogP contribution in [0.4, 0.5) is 10.1 Å². The van der Waals surface area contributed by atoms with Crippen LogP contribution in [0, 0.1) is 17.1 Å². The van der Waals surface area contributed by atoms with Crippen LogP contribution in [0.2, 0.25) is 0 Å². The summed E-state index contributed by atoms with van der Waals surface area (Å²) < 4.78 is 29.0. The quantitative estimate of drug-likeness (QED) is 0.537. The molecule has 7 nitrogen and oxygen atoms in total. The van der Waals surface area contributed by atoms with E-state index in [0.29, 0.717) is 16.8 Å². The zero-order valence-electron chi connectivity index (χ0n) is 17.1. The largest absolute Gasteiger partial charge is 0.493 e. The lowest BCUT2D eigenvalue weighted by atomic mass is 10.1. The molecule has 0 aliphatic carbocycles. The zero-order valence-corrected chi connectivity index (χ0v) is 17.1. The predicted molar refractivity (Wildman–Crippen MR) is 114 cm³/mol. The first-order valence-electron chi connectivity index (χ1n) is 9.51. The van der Waals surface area contributed by atoms with Crippen LogP contribution in [0.15, 0.2) is 66.7 Å². The number of methoxy groups -OCH3 is 1. The van der Waals surface area contributed by atoms with Gasteiger partial charge in [0.1, 0.15) is 12.4 Å². The molecule has 0 saturated carbocycles. The zero-order chi connectivity index (χ0) is 22.9. The molecule has 0 radical (unpaired) electrons. The lowest BCUT2D eigenvalue weighted by molar-refractivity contribution is -0.118. The molecule has 162 valence electrons. The molecule has 0 aromatic heterocycles. The number of hydrogen-bond acceptors (Lipinski definition) is 6. The van der Waals surface area contributed by atoms with Crippen molar-refractivity contribution in [3.05, 3.63) is 89.2 Å². The van der Waals surface area contributed by atoms with Gasteiger partial charge in [0, 0.05) is 11.3 Å². The van der Waals surface area contributed by atoms with Crippen LogP contribution < -0.4 is 14.8 Å². The number of amides is 1. The molecule has 0 saturated heterocycles. The summed E-state index contributed by atoms with van der Waals surface area (Å²) in [5.41, 5.74) is 1.69. The molecule has 0 bridgehead atoms. The van der Waals surface area contributed by atoms with E-state index >= 15 is 0 Å². The molecule has 0 unspecified atom stereocenters. The van der Waals surface area contributed by atoms with Gasteiger partial charge in [-0.1, -0.05) is 18.2 Å². The molecule has 8 heteroatoms. The minimum atomic E-state index is -0.600. The molecule has 32 heavy (non-hydrogen) atoms. The molecular formula is C24H19FN2O5. The number of rotatable bonds is 8. The number of nitrogens with one attached hydrogen (secondary N) is 1. The normalized spacial score (nSPS) is 10.0. The lowest BCUT2D eigenvalue weighted by Gasteiger charge is -2.12. The second-order valence-electron chi connectivity index (χ2n) is 6.55. The van der Waals surface area contributed by atoms with E-state index in [-0.39, 0.29) is 30.3 Å². The topological polar surface area (TPSA) is 97.7 Å². The maximum Gasteiger partial charge on any atom is 0.338 e. The van der Waals surface area contributed by atoms with Crippen LogP contribution in [0.25, 0.3) is 0 Å². The molecule has 3 rings (SSSR count). The Balaban J connectivity index is 1.59. The van der Waals surface area contributed by atoms with Crippen molar-refractivity contribution in [1.82, 2.24) is 0 Å². The second kappa shape index (κ2) is 10.6. The Bertz CT molecular complexity index is 1160. The summed E-state index contributed by atoms with van der Waals surface area (Å²) >= 11 is 0. The first kappa shape index (κ1) is 22.3. The number of ether oxygens (including phenoxy) is 3. The molecule has 3 aromatic rings. The minimum Gasteiger partial charge on any atom is -0.493 e. The van der Waals surface area contributed by atoms with Crippen molar-refractivity contribution in [2.75, 3.05) is 19.0 Å². The van der Waals surface area contributed by atoms with Gasteiger partial charge in [-0.15, -0.1) is 0 Å². The van der Waals surface area contributed by atoms with Crippen LogP contribution in [-0.2, 0) is 16.1 Å². The molecule has 0 aliphatic heterocycles. The Hall–Kier alpha value is -4.38. The first-order chi connectivity index (χ1) is 15.5. The van der Waals surface area contributed by atoms with Crippen LogP contribution in [-0.4, -0.2) is 25.6 Å². The summed E-state index contributed by atoms with van der Waals surface area (Å²) in [7, 11) is 1.40. The van der Waals surface area contributed by atoms with Crippen molar-refractivity contribution >= 4 is 17.6 Å². The Kier molecular flexibility index (Phi) is 7.38. The van der Waals surface area contributed by atoms with Gasteiger partial charge in [0.05, 0.1) is 24.3 Å². The van der Waals surface area contributed by atoms with Crippen molar-refractivity contribution in [3.8, 4) is 17.6 Å². The van der Waals surface area contributed by atoms with E-state index in [9.17, 15) is 14.0 Å². The first-order valence-corrected chi connectivity index (χ1v) is 9.51. The van der Waals surface area contributed by atoms with E-state index in [1.807, 2.05) is 6.07 Å². The number of anilines is 1. The van der Waals surface area contributed by atoms with Gasteiger partial charge in [-0.25, -0.2) is 9.18 Å². The number of benzene rings is 3. The van der Waals surface area contributed by atoms with Crippen molar-refractivity contribution in [2.45, 2.75) is 6.61 Å². The Morgan fingerprint density at radius 3 is 2.50 bits per heavy atom. The Labute approximate surface area is 184 Å². The average Bonchev–Trinajstić information content (AvgIpc) is 2.82. The number of esters is 1. The third-order valence-corrected chi connectivity index (χ3v) is 4.38. The van der Waals surface area contributed by atoms with Gasteiger partial charge in [0.15, 0.2) is 18.1 Å². The number of carbonyl (C=O) groups excluding carboxylic acids is 2. The van der Waals surface area contributed by atoms with E-state index in [1.165, 1.54) is 49.6 Å². The summed E-state index contributed by atoms with van der Waals surface area (Å²) in [6.07, 6.45) is 0. The molecule has 0 fully saturated rings. The highest BCUT2D eigenvalue weighted by atomic mass is 19.1. The summed E-state index contributed by atoms with van der Waals surface area (Å²) in [5.74, 6) is -0.952. The maximum atomic E-state index is 12.9. The van der Waals surface area contributed by atoms with Crippen LogP contribution in [0.3, 0.4) is 0 Å². The molecule has 1 amide bonds. The predicted octanol–water partition coefficient (Wildman–Crippen LogP) is 4.08. The third-order valence-electron chi connectivity index (χ3n) is 4.38. The van der Waals surface area contributed by atoms with Gasteiger partial charge >= 0.3 is 5.97 Å². The summed E-state index contributed by atoms with van der Waals surface area (Å²) in [6.45, 7) is -0.366. The summed E-state index contributed by atoms with van der Waals surface area (Å²) in [5, 5.41) is 11.7. The maximum absolute atomic E-state index is 12.9. The number of carbonyl (C=O) groups is 2. The number of nitriles is 1. The minimum absolute atomic E-state index is 0.0489. The Morgan fingerprint density at radius 1 is 1.03 bits per heavy atom. The monoisotopic (exact) mass is 434 g/mol. The molecular weight excluding hydrogens is 415 g/mol. The van der Waals surface area contributed by atoms with Gasteiger partial charge < -0.3 is 19.5 Å². The fraction of sp³-hybridized carbons (Fsp3) is 0.125. The SMILES string of the molecule is COc1cc(C(=O)OCc2ccccc2C#N)ccc1OCC(=O)Nc1ccc(F)cc1. The molecule has 0 spiro atoms. The second-order valence-corrected chi connectivity index (χ2v) is 6.55. The van der Waals surface area contributed by atoms with Gasteiger partial charge in [-0.3, -0.25) is 4.79 Å². The summed E-state index contributed by atoms with van der Waals surface area (Å²) in [6, 6.07) is 18.6. The number of halogens is 1. The standard InChI is InChI=1S/C24H19FN2O5/c1-30-22-12-16(24(29)32-14-18-5-3-2-4-17(18)13-26)6-11-21(22)31-15-23(28)27-20-9-7-19(25)8-10-20/h2-12H,14-15H2,1H3,(H,27,28). The van der Waals surface area contributed by atoms with Gasteiger partial charge in [0.2, 0.25) is 0 Å². The molecule has 0 aliphatic rings. The van der Waals surface area contributed by atoms with E-state index in [4.69, 9.17) is 19.5 Å². The Morgan fingerprint density at radius 2 is 1.78 bits per heavy atom. The van der Waals surface area contributed by atoms with Gasteiger partial charge in [0.25, 0.3) is 5.91 Å². The van der Waals surface area contributed by atoms with E-state index < -0.39 is 17.7 Å². The third kappa shape index (κ3) is 5.83. The highest BCUT2D eigenvalue weighted by Gasteiger charge is 2.14. The number of hydrogen-bond donors (Lipinski definition) is 1. The van der Waals surface area contributed by atoms with Crippen LogP contribution >= 0.6 is 0 Å². The van der Waals surface area contributed by atoms with Crippen molar-refractivity contribution < 1.29 is 28.2 Å². The highest BCUT2D eigenvalue weighted by Crippen LogP contribution is 2.28. The fourth-order valence-electron chi connectivity index (χ4n) is 2.77. The van der Waals surface area contributed by atoms with E-state index in [1.54, 1.807) is 24.3 Å². The van der Waals surface area contributed by atoms with E-state index in [2.05, 4.69) is 5.32 Å². The van der Waals surface area contributed by atoms with Crippen molar-refractivity contribution in [2.24, 2.45) is 0 Å². The van der Waals surface area contributed by atoms with E-state index in [0.717, 1.165) is 0 Å². The average molecular weight is 434 g/mol. The lowest BCUT2D eigenvalue weighted by Crippen LogP contribution is -2.20.